The number of allylic oxidation sites excluding steroid dienone is 1. The maximum Gasteiger partial charge on any atom is 0.286 e. The van der Waals surface area contributed by atoms with Crippen LogP contribution in [0.2, 0.25) is 0 Å². The molecular weight excluding hydrogens is 362 g/mol. The number of thiophene rings is 1. The lowest BCUT2D eigenvalue weighted by atomic mass is 9.84. The minimum absolute atomic E-state index is 0.0638. The van der Waals surface area contributed by atoms with E-state index in [-0.39, 0.29) is 30.4 Å². The molecule has 1 aromatic heterocycles. The molecule has 0 saturated heterocycles. The lowest BCUT2D eigenvalue weighted by Gasteiger charge is -2.36. The standard InChI is InChI=1S/C21H31NO4S/c1-2-25-21-16(10-6-12-23)17(19-11-7-13-27-19)14-18(26-21)20(24)22-15-8-4-3-5-9-15/h7,11,13-17,21,23H,2-6,8-10,12H2,1H3,(H,22,24)/t16-,17+,21-/m0/s1. The maximum atomic E-state index is 12.9. The van der Waals surface area contributed by atoms with Crippen molar-refractivity contribution in [2.24, 2.45) is 5.92 Å². The highest BCUT2D eigenvalue weighted by molar-refractivity contribution is 7.10. The largest absolute Gasteiger partial charge is 0.459 e. The number of carbonyl (C=O) groups excluding carboxylic acids is 1. The number of nitrogens with one attached hydrogen (secondary N) is 1. The van der Waals surface area contributed by atoms with E-state index in [4.69, 9.17) is 9.47 Å². The summed E-state index contributed by atoms with van der Waals surface area (Å²) < 4.78 is 11.9. The number of carbonyl (C=O) groups is 1. The van der Waals surface area contributed by atoms with Crippen molar-refractivity contribution in [3.05, 3.63) is 34.2 Å². The minimum atomic E-state index is -0.467. The van der Waals surface area contributed by atoms with Gasteiger partial charge >= 0.3 is 0 Å². The van der Waals surface area contributed by atoms with E-state index >= 15 is 0 Å². The second-order valence-electron chi connectivity index (χ2n) is 7.35. The molecule has 6 heteroatoms. The fourth-order valence-electron chi connectivity index (χ4n) is 4.08. The molecule has 1 fully saturated rings. The van der Waals surface area contributed by atoms with Crippen LogP contribution >= 0.6 is 11.3 Å². The molecule has 1 amide bonds. The van der Waals surface area contributed by atoms with E-state index in [1.807, 2.05) is 19.1 Å². The Morgan fingerprint density at radius 1 is 1.37 bits per heavy atom. The second-order valence-corrected chi connectivity index (χ2v) is 8.33. The zero-order chi connectivity index (χ0) is 19.1. The molecule has 3 rings (SSSR count). The highest BCUT2D eigenvalue weighted by atomic mass is 32.1. The van der Waals surface area contributed by atoms with Crippen LogP contribution in [0.4, 0.5) is 0 Å². The van der Waals surface area contributed by atoms with E-state index in [1.54, 1.807) is 11.3 Å². The first-order valence-corrected chi connectivity index (χ1v) is 11.1. The summed E-state index contributed by atoms with van der Waals surface area (Å²) in [4.78, 5) is 14.1. The van der Waals surface area contributed by atoms with Gasteiger partial charge < -0.3 is 19.9 Å². The predicted octanol–water partition coefficient (Wildman–Crippen LogP) is 3.95. The maximum absolute atomic E-state index is 12.9. The molecule has 3 atom stereocenters. The molecular formula is C21H31NO4S. The van der Waals surface area contributed by atoms with Crippen LogP contribution in [-0.4, -0.2) is 36.6 Å². The van der Waals surface area contributed by atoms with E-state index < -0.39 is 6.29 Å². The van der Waals surface area contributed by atoms with E-state index in [0.29, 0.717) is 18.8 Å². The topological polar surface area (TPSA) is 67.8 Å². The van der Waals surface area contributed by atoms with Crippen LogP contribution in [0.5, 0.6) is 0 Å². The van der Waals surface area contributed by atoms with Gasteiger partial charge in [-0.1, -0.05) is 25.3 Å². The lowest BCUT2D eigenvalue weighted by molar-refractivity contribution is -0.166. The molecule has 150 valence electrons. The molecule has 2 aliphatic rings. The first-order valence-electron chi connectivity index (χ1n) is 10.2. The number of hydrogen-bond donors (Lipinski definition) is 2. The third kappa shape index (κ3) is 5.33. The van der Waals surface area contributed by atoms with Gasteiger partial charge in [-0.2, -0.15) is 0 Å². The van der Waals surface area contributed by atoms with Crippen LogP contribution in [0.3, 0.4) is 0 Å². The summed E-state index contributed by atoms with van der Waals surface area (Å²) in [5, 5.41) is 14.5. The van der Waals surface area contributed by atoms with Crippen molar-refractivity contribution in [2.75, 3.05) is 13.2 Å². The van der Waals surface area contributed by atoms with Gasteiger partial charge in [-0.05, 0) is 50.1 Å². The average molecular weight is 394 g/mol. The minimum Gasteiger partial charge on any atom is -0.459 e. The molecule has 0 spiro atoms. The van der Waals surface area contributed by atoms with Gasteiger partial charge in [-0.25, -0.2) is 0 Å². The van der Waals surface area contributed by atoms with Gasteiger partial charge in [0, 0.05) is 36.0 Å². The van der Waals surface area contributed by atoms with Crippen LogP contribution in [0, 0.1) is 5.92 Å². The molecule has 0 aromatic carbocycles. The van der Waals surface area contributed by atoms with Crippen LogP contribution < -0.4 is 5.32 Å². The highest BCUT2D eigenvalue weighted by Crippen LogP contribution is 2.41. The Kier molecular flexibility index (Phi) is 7.73. The van der Waals surface area contributed by atoms with Crippen LogP contribution in [0.25, 0.3) is 0 Å². The molecule has 5 nitrogen and oxygen atoms in total. The smallest absolute Gasteiger partial charge is 0.286 e. The summed E-state index contributed by atoms with van der Waals surface area (Å²) in [6.45, 7) is 2.60. The highest BCUT2D eigenvalue weighted by Gasteiger charge is 2.38. The van der Waals surface area contributed by atoms with Crippen LogP contribution in [0.15, 0.2) is 29.3 Å². The van der Waals surface area contributed by atoms with E-state index in [0.717, 1.165) is 19.3 Å². The number of aliphatic hydroxyl groups is 1. The first kappa shape index (κ1) is 20.4. The van der Waals surface area contributed by atoms with Crippen molar-refractivity contribution in [1.82, 2.24) is 5.32 Å². The molecule has 0 radical (unpaired) electrons. The number of hydrogen-bond acceptors (Lipinski definition) is 5. The Hall–Kier alpha value is -1.37. The molecule has 0 unspecified atom stereocenters. The van der Waals surface area contributed by atoms with E-state index in [2.05, 4.69) is 16.8 Å². The van der Waals surface area contributed by atoms with Gasteiger partial charge in [-0.3, -0.25) is 4.79 Å². The van der Waals surface area contributed by atoms with E-state index in [9.17, 15) is 9.90 Å². The van der Waals surface area contributed by atoms with Crippen molar-refractivity contribution in [1.29, 1.82) is 0 Å². The Labute approximate surface area is 165 Å². The Morgan fingerprint density at radius 3 is 2.85 bits per heavy atom. The molecule has 1 saturated carbocycles. The van der Waals surface area contributed by atoms with Gasteiger partial charge in [-0.15, -0.1) is 11.3 Å². The average Bonchev–Trinajstić information content (AvgIpc) is 3.22. The van der Waals surface area contributed by atoms with Gasteiger partial charge in [0.25, 0.3) is 5.91 Å². The SMILES string of the molecule is CCO[C@H]1OC(C(=O)NC2CCCCC2)=C[C@@H](c2cccs2)[C@@H]1CCCO. The molecule has 2 heterocycles. The number of rotatable bonds is 8. The normalized spacial score (nSPS) is 26.3. The third-order valence-electron chi connectivity index (χ3n) is 5.45. The first-order chi connectivity index (χ1) is 13.2. The van der Waals surface area contributed by atoms with Crippen molar-refractivity contribution < 1.29 is 19.4 Å². The van der Waals surface area contributed by atoms with Crippen molar-refractivity contribution >= 4 is 17.2 Å². The summed E-state index contributed by atoms with van der Waals surface area (Å²) >= 11 is 1.69. The molecule has 27 heavy (non-hydrogen) atoms. The van der Waals surface area contributed by atoms with E-state index in [1.165, 1.54) is 24.1 Å². The summed E-state index contributed by atoms with van der Waals surface area (Å²) in [5.74, 6) is 0.391. The summed E-state index contributed by atoms with van der Waals surface area (Å²) in [6.07, 6.45) is 8.66. The Bertz CT molecular complexity index is 610. The summed E-state index contributed by atoms with van der Waals surface area (Å²) in [5.41, 5.74) is 0. The summed E-state index contributed by atoms with van der Waals surface area (Å²) in [6, 6.07) is 4.38. The Morgan fingerprint density at radius 2 is 2.19 bits per heavy atom. The molecule has 0 bridgehead atoms. The number of amides is 1. The fourth-order valence-corrected chi connectivity index (χ4v) is 4.95. The van der Waals surface area contributed by atoms with Gasteiger partial charge in [0.05, 0.1) is 0 Å². The van der Waals surface area contributed by atoms with Crippen LogP contribution in [0.1, 0.15) is 62.7 Å². The molecule has 1 aliphatic heterocycles. The number of ether oxygens (including phenoxy) is 2. The third-order valence-corrected chi connectivity index (χ3v) is 6.42. The van der Waals surface area contributed by atoms with Crippen molar-refractivity contribution in [3.8, 4) is 0 Å². The van der Waals surface area contributed by atoms with Crippen LogP contribution in [-0.2, 0) is 14.3 Å². The number of aliphatic hydroxyl groups excluding tert-OH is 1. The fraction of sp³-hybridized carbons (Fsp3) is 0.667. The van der Waals surface area contributed by atoms with Crippen molar-refractivity contribution in [3.63, 3.8) is 0 Å². The lowest BCUT2D eigenvalue weighted by Crippen LogP contribution is -2.42. The van der Waals surface area contributed by atoms with Gasteiger partial charge in [0.2, 0.25) is 6.29 Å². The zero-order valence-electron chi connectivity index (χ0n) is 16.1. The monoisotopic (exact) mass is 393 g/mol. The Balaban J connectivity index is 1.80. The zero-order valence-corrected chi connectivity index (χ0v) is 16.9. The second kappa shape index (κ2) is 10.2. The van der Waals surface area contributed by atoms with Gasteiger partial charge in [0.15, 0.2) is 5.76 Å². The molecule has 2 N–H and O–H groups in total. The summed E-state index contributed by atoms with van der Waals surface area (Å²) in [7, 11) is 0. The van der Waals surface area contributed by atoms with Crippen molar-refractivity contribution in [2.45, 2.75) is 70.1 Å². The molecule has 1 aromatic rings. The quantitative estimate of drug-likeness (QED) is 0.702. The predicted molar refractivity (Wildman–Crippen MR) is 106 cm³/mol. The van der Waals surface area contributed by atoms with Gasteiger partial charge in [0.1, 0.15) is 0 Å². The molecule has 1 aliphatic carbocycles.